The van der Waals surface area contributed by atoms with Crippen LogP contribution in [0.15, 0.2) is 64.8 Å². The summed E-state index contributed by atoms with van der Waals surface area (Å²) in [5.41, 5.74) is 1.52. The fraction of sp³-hybridized carbons (Fsp3) is 0.350. The molecule has 0 atom stereocenters. The first-order valence-electron chi connectivity index (χ1n) is 9.05. The van der Waals surface area contributed by atoms with Crippen LogP contribution in [-0.4, -0.2) is 48.1 Å². The zero-order valence-electron chi connectivity index (χ0n) is 14.6. The Kier molecular flexibility index (Phi) is 4.93. The van der Waals surface area contributed by atoms with E-state index in [1.165, 1.54) is 0 Å². The van der Waals surface area contributed by atoms with Crippen molar-refractivity contribution >= 4 is 17.5 Å². The van der Waals surface area contributed by atoms with E-state index in [-0.39, 0.29) is 6.09 Å². The quantitative estimate of drug-likeness (QED) is 0.772. The first kappa shape index (κ1) is 16.7. The molecule has 0 unspecified atom stereocenters. The molecule has 2 bridgehead atoms. The predicted molar refractivity (Wildman–Crippen MR) is 99.3 cm³/mol. The maximum atomic E-state index is 12.5. The summed E-state index contributed by atoms with van der Waals surface area (Å²) in [5.74, 6) is 0.535. The Hall–Kier alpha value is -2.73. The van der Waals surface area contributed by atoms with Gasteiger partial charge in [0, 0.05) is 32.2 Å². The number of hydrogen-bond donors (Lipinski definition) is 0. The summed E-state index contributed by atoms with van der Waals surface area (Å²) in [5, 5.41) is 8.38. The number of ether oxygens (including phenoxy) is 1. The lowest BCUT2D eigenvalue weighted by molar-refractivity contribution is 0.131. The zero-order chi connectivity index (χ0) is 17.8. The summed E-state index contributed by atoms with van der Waals surface area (Å²) in [6.07, 6.45) is 1.82. The van der Waals surface area contributed by atoms with E-state index in [1.807, 2.05) is 35.2 Å². The Morgan fingerprint density at radius 2 is 1.50 bits per heavy atom. The molecule has 5 rings (SSSR count). The van der Waals surface area contributed by atoms with Crippen LogP contribution >= 0.6 is 0 Å². The zero-order valence-corrected chi connectivity index (χ0v) is 14.6. The highest BCUT2D eigenvalue weighted by atomic mass is 16.6. The molecule has 6 heteroatoms. The molecule has 26 heavy (non-hydrogen) atoms. The monoisotopic (exact) mass is 350 g/mol. The molecule has 0 radical (unpaired) electrons. The van der Waals surface area contributed by atoms with Gasteiger partial charge in [0.1, 0.15) is 5.75 Å². The smallest absolute Gasteiger partial charge is 0.410 e. The van der Waals surface area contributed by atoms with Crippen molar-refractivity contribution in [3.8, 4) is 5.75 Å². The number of azo groups is 1. The van der Waals surface area contributed by atoms with Crippen LogP contribution in [0.4, 0.5) is 16.2 Å². The fourth-order valence-electron chi connectivity index (χ4n) is 3.48. The molecule has 2 aromatic carbocycles. The van der Waals surface area contributed by atoms with E-state index in [2.05, 4.69) is 15.1 Å². The highest BCUT2D eigenvalue weighted by Crippen LogP contribution is 2.24. The minimum Gasteiger partial charge on any atom is -0.410 e. The molecule has 2 aromatic rings. The number of rotatable bonds is 3. The average molecular weight is 350 g/mol. The molecule has 3 aliphatic rings. The third-order valence-electron chi connectivity index (χ3n) is 4.97. The lowest BCUT2D eigenvalue weighted by Crippen LogP contribution is -2.43. The van der Waals surface area contributed by atoms with Gasteiger partial charge in [0.2, 0.25) is 0 Å². The number of piperidine rings is 1. The highest BCUT2D eigenvalue weighted by Gasteiger charge is 2.32. The number of benzene rings is 2. The van der Waals surface area contributed by atoms with Crippen molar-refractivity contribution in [1.82, 2.24) is 9.80 Å². The minimum absolute atomic E-state index is 0.252. The van der Waals surface area contributed by atoms with Crippen LogP contribution in [0.25, 0.3) is 0 Å². The number of nitrogens with zero attached hydrogens (tertiary/aromatic N) is 4. The second-order valence-corrected chi connectivity index (χ2v) is 6.66. The molecule has 1 amide bonds. The van der Waals surface area contributed by atoms with Gasteiger partial charge >= 0.3 is 6.09 Å². The molecule has 0 spiro atoms. The first-order valence-corrected chi connectivity index (χ1v) is 9.05. The van der Waals surface area contributed by atoms with Gasteiger partial charge in [0.25, 0.3) is 0 Å². The highest BCUT2D eigenvalue weighted by molar-refractivity contribution is 5.71. The van der Waals surface area contributed by atoms with E-state index < -0.39 is 0 Å². The van der Waals surface area contributed by atoms with E-state index in [0.717, 1.165) is 50.4 Å². The van der Waals surface area contributed by atoms with E-state index in [9.17, 15) is 4.79 Å². The van der Waals surface area contributed by atoms with Gasteiger partial charge in [-0.2, -0.15) is 10.2 Å². The van der Waals surface area contributed by atoms with Crippen LogP contribution in [0.1, 0.15) is 12.8 Å². The Bertz CT molecular complexity index is 768. The largest absolute Gasteiger partial charge is 0.415 e. The maximum absolute atomic E-state index is 12.5. The third-order valence-corrected chi connectivity index (χ3v) is 4.97. The topological polar surface area (TPSA) is 57.5 Å². The molecule has 0 aliphatic carbocycles. The minimum atomic E-state index is -0.252. The van der Waals surface area contributed by atoms with Crippen LogP contribution in [-0.2, 0) is 0 Å². The van der Waals surface area contributed by atoms with Gasteiger partial charge in [-0.25, -0.2) is 4.79 Å². The molecular formula is C20H22N4O2. The van der Waals surface area contributed by atoms with Crippen molar-refractivity contribution in [2.24, 2.45) is 10.2 Å². The van der Waals surface area contributed by atoms with Gasteiger partial charge in [0.15, 0.2) is 0 Å². The second-order valence-electron chi connectivity index (χ2n) is 6.66. The maximum Gasteiger partial charge on any atom is 0.415 e. The van der Waals surface area contributed by atoms with Crippen molar-refractivity contribution in [3.63, 3.8) is 0 Å². The molecule has 3 saturated heterocycles. The predicted octanol–water partition coefficient (Wildman–Crippen LogP) is 4.38. The van der Waals surface area contributed by atoms with E-state index in [0.29, 0.717) is 11.8 Å². The average Bonchev–Trinajstić information content (AvgIpc) is 3.02. The van der Waals surface area contributed by atoms with Gasteiger partial charge in [-0.3, -0.25) is 0 Å². The van der Waals surface area contributed by atoms with Crippen molar-refractivity contribution in [2.75, 3.05) is 26.2 Å². The molecular weight excluding hydrogens is 328 g/mol. The summed E-state index contributed by atoms with van der Waals surface area (Å²) in [6.45, 7) is 3.84. The molecule has 3 aliphatic heterocycles. The van der Waals surface area contributed by atoms with Gasteiger partial charge in [-0.05, 0) is 49.2 Å². The van der Waals surface area contributed by atoms with E-state index in [4.69, 9.17) is 4.74 Å². The van der Waals surface area contributed by atoms with Crippen LogP contribution in [0.3, 0.4) is 0 Å². The SMILES string of the molecule is O=C(Oc1ccc(N=Nc2ccccc2)cc1)N1CCN2CCC1CC2. The van der Waals surface area contributed by atoms with Crippen LogP contribution in [0, 0.1) is 0 Å². The Morgan fingerprint density at radius 1 is 0.846 bits per heavy atom. The standard InChI is InChI=1S/C20H22N4O2/c25-20(24-15-14-23-12-10-18(24)11-13-23)26-19-8-6-17(7-9-19)22-21-16-4-2-1-3-5-16/h1-9,18H,10-15H2. The number of fused-ring (bicyclic) bond motifs is 4. The molecule has 3 heterocycles. The Morgan fingerprint density at radius 3 is 2.19 bits per heavy atom. The molecule has 0 aromatic heterocycles. The van der Waals surface area contributed by atoms with Crippen molar-refractivity contribution < 1.29 is 9.53 Å². The van der Waals surface area contributed by atoms with Gasteiger partial charge in [-0.15, -0.1) is 0 Å². The van der Waals surface area contributed by atoms with Crippen molar-refractivity contribution in [2.45, 2.75) is 18.9 Å². The van der Waals surface area contributed by atoms with Crippen molar-refractivity contribution in [1.29, 1.82) is 0 Å². The molecule has 0 N–H and O–H groups in total. The lowest BCUT2D eigenvalue weighted by Gasteiger charge is -2.30. The van der Waals surface area contributed by atoms with Crippen molar-refractivity contribution in [3.05, 3.63) is 54.6 Å². The first-order chi connectivity index (χ1) is 12.8. The van der Waals surface area contributed by atoms with Crippen LogP contribution in [0.5, 0.6) is 5.75 Å². The van der Waals surface area contributed by atoms with E-state index in [1.54, 1.807) is 24.3 Å². The van der Waals surface area contributed by atoms with Crippen LogP contribution in [0.2, 0.25) is 0 Å². The van der Waals surface area contributed by atoms with Gasteiger partial charge in [0.05, 0.1) is 11.4 Å². The summed E-state index contributed by atoms with van der Waals surface area (Å²) < 4.78 is 5.57. The van der Waals surface area contributed by atoms with E-state index >= 15 is 0 Å². The number of carbonyl (C=O) groups is 1. The fourth-order valence-corrected chi connectivity index (χ4v) is 3.48. The Labute approximate surface area is 153 Å². The second kappa shape index (κ2) is 7.66. The third kappa shape index (κ3) is 3.91. The van der Waals surface area contributed by atoms with Gasteiger partial charge in [-0.1, -0.05) is 18.2 Å². The Balaban J connectivity index is 1.38. The number of carbonyl (C=O) groups excluding carboxylic acids is 1. The molecule has 134 valence electrons. The summed E-state index contributed by atoms with van der Waals surface area (Å²) >= 11 is 0. The molecule has 0 saturated carbocycles. The van der Waals surface area contributed by atoms with Crippen LogP contribution < -0.4 is 4.74 Å². The number of hydrogen-bond acceptors (Lipinski definition) is 5. The van der Waals surface area contributed by atoms with Gasteiger partial charge < -0.3 is 14.5 Å². The summed E-state index contributed by atoms with van der Waals surface area (Å²) in [4.78, 5) is 16.8. The lowest BCUT2D eigenvalue weighted by atomic mass is 10.1. The summed E-state index contributed by atoms with van der Waals surface area (Å²) in [6, 6.07) is 17.0. The molecule has 6 nitrogen and oxygen atoms in total. The normalized spacial score (nSPS) is 22.4. The summed E-state index contributed by atoms with van der Waals surface area (Å²) in [7, 11) is 0. The molecule has 3 fully saturated rings. The number of amides is 1.